The molecule has 3 atom stereocenters. The lowest BCUT2D eigenvalue weighted by Gasteiger charge is -2.39. The molecule has 6 nitrogen and oxygen atoms in total. The van der Waals surface area contributed by atoms with Crippen LogP contribution in [0.15, 0.2) is 30.5 Å². The topological polar surface area (TPSA) is 63.9 Å². The van der Waals surface area contributed by atoms with E-state index in [1.165, 1.54) is 0 Å². The van der Waals surface area contributed by atoms with Crippen molar-refractivity contribution in [2.45, 2.75) is 89.8 Å². The number of carbonyl (C=O) groups is 1. The molecule has 1 aromatic heterocycles. The van der Waals surface area contributed by atoms with Crippen LogP contribution in [0.25, 0.3) is 10.9 Å². The number of aryl methyl sites for hydroxylation is 1. The van der Waals surface area contributed by atoms with Crippen LogP contribution in [0.5, 0.6) is 0 Å². The number of benzene rings is 1. The largest absolute Gasteiger partial charge is 0.388 e. The molecule has 3 aliphatic rings. The normalized spacial score (nSPS) is 29.9. The molecule has 33 heavy (non-hydrogen) atoms. The van der Waals surface area contributed by atoms with Crippen molar-refractivity contribution in [1.29, 1.82) is 0 Å². The van der Waals surface area contributed by atoms with Crippen molar-refractivity contribution < 1.29 is 19.4 Å². The average Bonchev–Trinajstić information content (AvgIpc) is 3.50. The number of nitrogens with zero attached hydrogens (tertiary/aromatic N) is 2. The second-order valence-electron chi connectivity index (χ2n) is 11.3. The molecule has 1 N–H and O–H groups in total. The summed E-state index contributed by atoms with van der Waals surface area (Å²) in [5.74, 6) is 0.142. The van der Waals surface area contributed by atoms with E-state index in [1.807, 2.05) is 37.1 Å². The van der Waals surface area contributed by atoms with Gasteiger partial charge in [0.15, 0.2) is 0 Å². The zero-order valence-electron chi connectivity index (χ0n) is 20.5. The summed E-state index contributed by atoms with van der Waals surface area (Å²) in [5, 5.41) is 11.4. The summed E-state index contributed by atoms with van der Waals surface area (Å²) in [4.78, 5) is 15.5. The molecule has 0 radical (unpaired) electrons. The molecule has 0 saturated carbocycles. The van der Waals surface area contributed by atoms with E-state index in [0.717, 1.165) is 74.8 Å². The highest BCUT2D eigenvalue weighted by Crippen LogP contribution is 2.49. The molecule has 5 rings (SSSR count). The van der Waals surface area contributed by atoms with Crippen molar-refractivity contribution in [3.63, 3.8) is 0 Å². The second kappa shape index (κ2) is 8.10. The van der Waals surface area contributed by atoms with Gasteiger partial charge in [-0.1, -0.05) is 18.2 Å². The van der Waals surface area contributed by atoms with Crippen LogP contribution in [-0.4, -0.2) is 63.6 Å². The lowest BCUT2D eigenvalue weighted by Crippen LogP contribution is -2.45. The Hall–Kier alpha value is -1.89. The van der Waals surface area contributed by atoms with Gasteiger partial charge in [0.1, 0.15) is 0 Å². The molecular formula is C27H38N2O4. The van der Waals surface area contributed by atoms with E-state index >= 15 is 0 Å². The van der Waals surface area contributed by atoms with Crippen molar-refractivity contribution in [3.05, 3.63) is 36.0 Å². The lowest BCUT2D eigenvalue weighted by molar-refractivity contribution is -0.155. The summed E-state index contributed by atoms with van der Waals surface area (Å²) in [7, 11) is 0. The number of hydrogen-bond acceptors (Lipinski definition) is 4. The third-order valence-electron chi connectivity index (χ3n) is 8.46. The zero-order valence-corrected chi connectivity index (χ0v) is 20.5. The number of hydrogen-bond donors (Lipinski definition) is 1. The molecule has 0 bridgehead atoms. The van der Waals surface area contributed by atoms with Crippen LogP contribution in [0.1, 0.15) is 70.2 Å². The first-order valence-corrected chi connectivity index (χ1v) is 12.5. The molecule has 2 aromatic rings. The molecule has 3 saturated heterocycles. The quantitative estimate of drug-likeness (QED) is 0.745. The van der Waals surface area contributed by atoms with Crippen LogP contribution in [-0.2, 0) is 16.0 Å². The summed E-state index contributed by atoms with van der Waals surface area (Å²) < 4.78 is 14.9. The van der Waals surface area contributed by atoms with Crippen LogP contribution in [0.4, 0.5) is 0 Å². The smallest absolute Gasteiger partial charge is 0.256 e. The summed E-state index contributed by atoms with van der Waals surface area (Å²) in [6, 6.07) is 8.18. The highest BCUT2D eigenvalue weighted by molar-refractivity contribution is 6.07. The Balaban J connectivity index is 1.24. The summed E-state index contributed by atoms with van der Waals surface area (Å²) in [6.45, 7) is 11.0. The van der Waals surface area contributed by atoms with Gasteiger partial charge < -0.3 is 24.0 Å². The van der Waals surface area contributed by atoms with Gasteiger partial charge in [0.2, 0.25) is 0 Å². The predicted molar refractivity (Wildman–Crippen MR) is 128 cm³/mol. The van der Waals surface area contributed by atoms with Gasteiger partial charge in [0.05, 0.1) is 35.6 Å². The Morgan fingerprint density at radius 3 is 2.61 bits per heavy atom. The first-order chi connectivity index (χ1) is 15.6. The first-order valence-electron chi connectivity index (χ1n) is 12.5. The molecule has 4 heterocycles. The number of amides is 1. The van der Waals surface area contributed by atoms with Gasteiger partial charge in [0.25, 0.3) is 5.91 Å². The Bertz CT molecular complexity index is 1030. The number of piperidine rings is 1. The Morgan fingerprint density at radius 1 is 1.21 bits per heavy atom. The number of aromatic nitrogens is 1. The summed E-state index contributed by atoms with van der Waals surface area (Å²) in [6.07, 6.45) is 6.60. The van der Waals surface area contributed by atoms with Gasteiger partial charge in [0, 0.05) is 36.7 Å². The number of likely N-dealkylation sites (tertiary alicyclic amines) is 1. The molecule has 1 amide bonds. The average molecular weight is 455 g/mol. The third-order valence-corrected chi connectivity index (χ3v) is 8.46. The maximum absolute atomic E-state index is 13.4. The maximum Gasteiger partial charge on any atom is 0.256 e. The number of fused-ring (bicyclic) bond motifs is 1. The van der Waals surface area contributed by atoms with E-state index in [9.17, 15) is 9.90 Å². The fourth-order valence-corrected chi connectivity index (χ4v) is 6.16. The Kier molecular flexibility index (Phi) is 5.62. The minimum absolute atomic E-state index is 0.0506. The standard InChI is InChI=1S/C27H38N2O4/c1-5-28-17-20(19-8-6-7-9-21(19)28)24(30)29-14-12-27(13-15-29)16-23(32-18-27)26(4)11-10-22(33-26)25(2,3)31/h6-9,17,22-23,31H,5,10-16,18H2,1-4H3/t22-,23+,26+/m0/s1. The van der Waals surface area contributed by atoms with Gasteiger partial charge in [-0.2, -0.15) is 0 Å². The van der Waals surface area contributed by atoms with Crippen molar-refractivity contribution >= 4 is 16.8 Å². The van der Waals surface area contributed by atoms with E-state index in [-0.39, 0.29) is 29.1 Å². The molecule has 180 valence electrons. The van der Waals surface area contributed by atoms with Gasteiger partial charge in [-0.05, 0) is 71.3 Å². The van der Waals surface area contributed by atoms with Crippen LogP contribution in [0, 0.1) is 5.41 Å². The molecule has 0 unspecified atom stereocenters. The maximum atomic E-state index is 13.4. The van der Waals surface area contributed by atoms with E-state index in [4.69, 9.17) is 9.47 Å². The molecule has 6 heteroatoms. The molecule has 1 spiro atoms. The van der Waals surface area contributed by atoms with Gasteiger partial charge in [-0.25, -0.2) is 0 Å². The summed E-state index contributed by atoms with van der Waals surface area (Å²) >= 11 is 0. The van der Waals surface area contributed by atoms with Gasteiger partial charge in [-0.3, -0.25) is 4.79 Å². The highest BCUT2D eigenvalue weighted by Gasteiger charge is 2.53. The molecule has 3 aliphatic heterocycles. The Labute approximate surface area is 196 Å². The second-order valence-corrected chi connectivity index (χ2v) is 11.3. The minimum Gasteiger partial charge on any atom is -0.388 e. The van der Waals surface area contributed by atoms with Crippen LogP contribution in [0.2, 0.25) is 0 Å². The van der Waals surface area contributed by atoms with Gasteiger partial charge >= 0.3 is 0 Å². The number of para-hydroxylation sites is 1. The van der Waals surface area contributed by atoms with Crippen molar-refractivity contribution in [2.75, 3.05) is 19.7 Å². The highest BCUT2D eigenvalue weighted by atomic mass is 16.6. The van der Waals surface area contributed by atoms with Crippen LogP contribution in [0.3, 0.4) is 0 Å². The number of ether oxygens (including phenoxy) is 2. The molecular weight excluding hydrogens is 416 g/mol. The number of rotatable bonds is 4. The number of aliphatic hydroxyl groups is 1. The number of carbonyl (C=O) groups excluding carboxylic acids is 1. The van der Waals surface area contributed by atoms with Crippen molar-refractivity contribution in [3.8, 4) is 0 Å². The fraction of sp³-hybridized carbons (Fsp3) is 0.667. The fourth-order valence-electron chi connectivity index (χ4n) is 6.16. The van der Waals surface area contributed by atoms with E-state index < -0.39 is 5.60 Å². The first kappa shape index (κ1) is 22.9. The third kappa shape index (κ3) is 4.00. The van der Waals surface area contributed by atoms with Crippen molar-refractivity contribution in [2.24, 2.45) is 5.41 Å². The minimum atomic E-state index is -0.833. The van der Waals surface area contributed by atoms with Crippen molar-refractivity contribution in [1.82, 2.24) is 9.47 Å². The van der Waals surface area contributed by atoms with E-state index in [0.29, 0.717) is 0 Å². The predicted octanol–water partition coefficient (Wildman–Crippen LogP) is 4.38. The van der Waals surface area contributed by atoms with Crippen LogP contribution < -0.4 is 0 Å². The van der Waals surface area contributed by atoms with E-state index in [1.54, 1.807) is 0 Å². The zero-order chi connectivity index (χ0) is 23.4. The molecule has 3 fully saturated rings. The van der Waals surface area contributed by atoms with E-state index in [2.05, 4.69) is 30.5 Å². The SMILES string of the molecule is CCn1cc(C(=O)N2CCC3(CC2)CO[C@@H]([C@@]2(C)CC[C@@H](C(C)(C)O)O2)C3)c2ccccc21. The monoisotopic (exact) mass is 454 g/mol. The van der Waals surface area contributed by atoms with Gasteiger partial charge in [-0.15, -0.1) is 0 Å². The lowest BCUT2D eigenvalue weighted by atomic mass is 9.74. The van der Waals surface area contributed by atoms with Crippen LogP contribution >= 0.6 is 0 Å². The molecule has 1 aromatic carbocycles. The summed E-state index contributed by atoms with van der Waals surface area (Å²) in [5.41, 5.74) is 0.883. The Morgan fingerprint density at radius 2 is 1.94 bits per heavy atom. The molecule has 0 aliphatic carbocycles.